The Morgan fingerprint density at radius 1 is 1.78 bits per heavy atom. The van der Waals surface area contributed by atoms with Gasteiger partial charge in [-0.15, -0.1) is 5.92 Å². The molecule has 0 bridgehead atoms. The van der Waals surface area contributed by atoms with Crippen LogP contribution in [0.25, 0.3) is 0 Å². The third kappa shape index (κ3) is 6.99. The third-order valence-electron chi connectivity index (χ3n) is 0.666. The highest BCUT2D eigenvalue weighted by atomic mass is 16.4. The van der Waals surface area contributed by atoms with Gasteiger partial charge in [0.15, 0.2) is 0 Å². The monoisotopic (exact) mass is 127 g/mol. The number of aliphatic carboxylic acids is 1. The third-order valence-corrected chi connectivity index (χ3v) is 0.666. The van der Waals surface area contributed by atoms with E-state index in [1.165, 1.54) is 0 Å². The predicted molar refractivity (Wildman–Crippen MR) is 34.0 cm³/mol. The van der Waals surface area contributed by atoms with Crippen LogP contribution in [0.5, 0.6) is 0 Å². The number of hydrogen-bond donors (Lipinski definition) is 2. The topological polar surface area (TPSA) is 49.3 Å². The minimum absolute atomic E-state index is 0.0192. The Morgan fingerprint density at radius 3 is 2.89 bits per heavy atom. The fourth-order valence-corrected chi connectivity index (χ4v) is 0.320. The average Bonchev–Trinajstić information content (AvgIpc) is 1.80. The summed E-state index contributed by atoms with van der Waals surface area (Å²) in [4.78, 5) is 9.85. The molecule has 0 saturated heterocycles. The van der Waals surface area contributed by atoms with E-state index in [2.05, 4.69) is 17.2 Å². The normalized spacial score (nSPS) is 7.67. The Morgan fingerprint density at radius 2 is 2.44 bits per heavy atom. The molecule has 0 aliphatic heterocycles. The minimum atomic E-state index is -0.854. The molecule has 9 heavy (non-hydrogen) atoms. The molecule has 3 heteroatoms. The zero-order valence-electron chi connectivity index (χ0n) is 5.27. The SMILES string of the molecule is CC#CCNCC(=O)O. The fraction of sp³-hybridized carbons (Fsp3) is 0.500. The Balaban J connectivity index is 3.07. The maximum Gasteiger partial charge on any atom is 0.317 e. The van der Waals surface area contributed by atoms with Crippen molar-refractivity contribution in [3.05, 3.63) is 0 Å². The van der Waals surface area contributed by atoms with Crippen molar-refractivity contribution in [2.24, 2.45) is 0 Å². The molecule has 0 aliphatic rings. The lowest BCUT2D eigenvalue weighted by Gasteiger charge is -1.90. The van der Waals surface area contributed by atoms with Crippen LogP contribution in [0.4, 0.5) is 0 Å². The minimum Gasteiger partial charge on any atom is -0.480 e. The molecule has 0 aliphatic carbocycles. The van der Waals surface area contributed by atoms with Crippen LogP contribution in [0.3, 0.4) is 0 Å². The van der Waals surface area contributed by atoms with Crippen molar-refractivity contribution in [1.29, 1.82) is 0 Å². The van der Waals surface area contributed by atoms with Crippen molar-refractivity contribution in [3.63, 3.8) is 0 Å². The lowest BCUT2D eigenvalue weighted by Crippen LogP contribution is -2.22. The molecule has 0 fully saturated rings. The van der Waals surface area contributed by atoms with Gasteiger partial charge in [-0.05, 0) is 6.92 Å². The van der Waals surface area contributed by atoms with Crippen LogP contribution >= 0.6 is 0 Å². The second-order valence-corrected chi connectivity index (χ2v) is 1.42. The number of hydrogen-bond acceptors (Lipinski definition) is 2. The first-order chi connectivity index (χ1) is 4.27. The van der Waals surface area contributed by atoms with E-state index in [1.54, 1.807) is 6.92 Å². The van der Waals surface area contributed by atoms with Crippen LogP contribution in [0, 0.1) is 11.8 Å². The molecule has 2 N–H and O–H groups in total. The lowest BCUT2D eigenvalue weighted by molar-refractivity contribution is -0.135. The standard InChI is InChI=1S/C6H9NO2/c1-2-3-4-7-5-6(8)9/h7H,4-5H2,1H3,(H,8,9). The van der Waals surface area contributed by atoms with Crippen LogP contribution in [0.15, 0.2) is 0 Å². The van der Waals surface area contributed by atoms with Crippen molar-refractivity contribution >= 4 is 5.97 Å². The molecule has 0 heterocycles. The van der Waals surface area contributed by atoms with Gasteiger partial charge in [-0.1, -0.05) is 5.92 Å². The van der Waals surface area contributed by atoms with Gasteiger partial charge in [0.25, 0.3) is 0 Å². The van der Waals surface area contributed by atoms with Crippen molar-refractivity contribution in [3.8, 4) is 11.8 Å². The molecule has 0 unspecified atom stereocenters. The average molecular weight is 127 g/mol. The first-order valence-corrected chi connectivity index (χ1v) is 2.59. The summed E-state index contributed by atoms with van der Waals surface area (Å²) >= 11 is 0. The molecule has 50 valence electrons. The van der Waals surface area contributed by atoms with Gasteiger partial charge in [0, 0.05) is 0 Å². The first kappa shape index (κ1) is 7.99. The summed E-state index contributed by atoms with van der Waals surface area (Å²) < 4.78 is 0. The van der Waals surface area contributed by atoms with E-state index < -0.39 is 5.97 Å². The van der Waals surface area contributed by atoms with Crippen LogP contribution in [-0.2, 0) is 4.79 Å². The van der Waals surface area contributed by atoms with Crippen LogP contribution in [0.2, 0.25) is 0 Å². The highest BCUT2D eigenvalue weighted by molar-refractivity contribution is 5.69. The molecule has 3 nitrogen and oxygen atoms in total. The molecule has 0 saturated carbocycles. The highest BCUT2D eigenvalue weighted by Gasteiger charge is 1.90. The van der Waals surface area contributed by atoms with Crippen molar-refractivity contribution in [1.82, 2.24) is 5.32 Å². The summed E-state index contributed by atoms with van der Waals surface area (Å²) in [5.74, 6) is 4.46. The molecule has 0 aromatic carbocycles. The van der Waals surface area contributed by atoms with Gasteiger partial charge < -0.3 is 5.11 Å². The van der Waals surface area contributed by atoms with Gasteiger partial charge in [-0.2, -0.15) is 0 Å². The van der Waals surface area contributed by atoms with Gasteiger partial charge in [0.05, 0.1) is 13.1 Å². The smallest absolute Gasteiger partial charge is 0.317 e. The molecule has 0 spiro atoms. The van der Waals surface area contributed by atoms with E-state index in [0.717, 1.165) is 0 Å². The van der Waals surface area contributed by atoms with Gasteiger partial charge >= 0.3 is 5.97 Å². The van der Waals surface area contributed by atoms with Gasteiger partial charge in [0.1, 0.15) is 0 Å². The van der Waals surface area contributed by atoms with Crippen molar-refractivity contribution in [2.75, 3.05) is 13.1 Å². The van der Waals surface area contributed by atoms with E-state index >= 15 is 0 Å². The Kier molecular flexibility index (Phi) is 4.56. The second kappa shape index (κ2) is 5.13. The van der Waals surface area contributed by atoms with Crippen molar-refractivity contribution in [2.45, 2.75) is 6.92 Å². The molecule has 0 aromatic heterocycles. The molecule has 0 rings (SSSR count). The van der Waals surface area contributed by atoms with E-state index in [-0.39, 0.29) is 6.54 Å². The van der Waals surface area contributed by atoms with E-state index in [0.29, 0.717) is 6.54 Å². The molecule has 0 radical (unpaired) electrons. The number of carboxylic acid groups (broad SMARTS) is 1. The lowest BCUT2D eigenvalue weighted by atomic mass is 10.5. The van der Waals surface area contributed by atoms with Crippen LogP contribution in [0.1, 0.15) is 6.92 Å². The highest BCUT2D eigenvalue weighted by Crippen LogP contribution is 1.58. The maximum absolute atomic E-state index is 9.85. The summed E-state index contributed by atoms with van der Waals surface area (Å²) in [6.45, 7) is 2.14. The second-order valence-electron chi connectivity index (χ2n) is 1.42. The zero-order valence-corrected chi connectivity index (χ0v) is 5.27. The summed E-state index contributed by atoms with van der Waals surface area (Å²) in [7, 11) is 0. The van der Waals surface area contributed by atoms with E-state index in [4.69, 9.17) is 5.11 Å². The van der Waals surface area contributed by atoms with E-state index in [9.17, 15) is 4.79 Å². The van der Waals surface area contributed by atoms with Crippen LogP contribution < -0.4 is 5.32 Å². The maximum atomic E-state index is 9.85. The number of carboxylic acids is 1. The fourth-order valence-electron chi connectivity index (χ4n) is 0.320. The van der Waals surface area contributed by atoms with Gasteiger partial charge in [0.2, 0.25) is 0 Å². The molecule has 0 amide bonds. The van der Waals surface area contributed by atoms with Crippen molar-refractivity contribution < 1.29 is 9.90 Å². The molecule has 0 aromatic rings. The number of nitrogens with one attached hydrogen (secondary N) is 1. The molecular formula is C6H9NO2. The van der Waals surface area contributed by atoms with Crippen LogP contribution in [-0.4, -0.2) is 24.2 Å². The Labute approximate surface area is 54.1 Å². The first-order valence-electron chi connectivity index (χ1n) is 2.59. The summed E-state index contributed by atoms with van der Waals surface area (Å²) in [6, 6.07) is 0. The largest absolute Gasteiger partial charge is 0.480 e. The Bertz CT molecular complexity index is 143. The number of rotatable bonds is 3. The van der Waals surface area contributed by atoms with Gasteiger partial charge in [-0.3, -0.25) is 10.1 Å². The summed E-state index contributed by atoms with van der Waals surface area (Å²) in [6.07, 6.45) is 0. The van der Waals surface area contributed by atoms with Gasteiger partial charge in [-0.25, -0.2) is 0 Å². The molecular weight excluding hydrogens is 118 g/mol. The molecule has 0 atom stereocenters. The predicted octanol–water partition coefficient (Wildman–Crippen LogP) is -0.316. The summed E-state index contributed by atoms with van der Waals surface area (Å²) in [5, 5.41) is 10.7. The number of carbonyl (C=O) groups is 1. The quantitative estimate of drug-likeness (QED) is 0.403. The Hall–Kier alpha value is -1.01. The zero-order chi connectivity index (χ0) is 7.11. The summed E-state index contributed by atoms with van der Waals surface area (Å²) in [5.41, 5.74) is 0. The van der Waals surface area contributed by atoms with E-state index in [1.807, 2.05) is 0 Å².